The molecule has 0 bridgehead atoms. The van der Waals surface area contributed by atoms with Gasteiger partial charge in [0.15, 0.2) is 11.5 Å². The van der Waals surface area contributed by atoms with E-state index >= 15 is 0 Å². The summed E-state index contributed by atoms with van der Waals surface area (Å²) in [7, 11) is 0. The van der Waals surface area contributed by atoms with Crippen molar-refractivity contribution < 1.29 is 4.79 Å². The fraction of sp³-hybridized carbons (Fsp3) is 0.429. The molecule has 1 aliphatic rings. The third kappa shape index (κ3) is 2.54. The lowest BCUT2D eigenvalue weighted by atomic mass is 9.99. The van der Waals surface area contributed by atoms with Crippen molar-refractivity contribution in [2.75, 3.05) is 13.1 Å². The van der Waals surface area contributed by atoms with Gasteiger partial charge in [0.2, 0.25) is 0 Å². The van der Waals surface area contributed by atoms with Crippen molar-refractivity contribution in [2.45, 2.75) is 19.8 Å². The zero-order chi connectivity index (χ0) is 13.9. The number of amides is 1. The van der Waals surface area contributed by atoms with Gasteiger partial charge < -0.3 is 4.90 Å². The van der Waals surface area contributed by atoms with Gasteiger partial charge >= 0.3 is 0 Å². The van der Waals surface area contributed by atoms with Crippen LogP contribution in [0.3, 0.4) is 0 Å². The van der Waals surface area contributed by atoms with Crippen LogP contribution in [0.5, 0.6) is 0 Å². The van der Waals surface area contributed by atoms with Gasteiger partial charge in [-0.05, 0) is 30.9 Å². The van der Waals surface area contributed by atoms with Gasteiger partial charge in [-0.15, -0.1) is 10.2 Å². The number of likely N-dealkylation sites (tertiary alicyclic amines) is 1. The highest BCUT2D eigenvalue weighted by atomic mass is 16.2. The number of hydrogen-bond acceptors (Lipinski definition) is 4. The van der Waals surface area contributed by atoms with Crippen LogP contribution in [0.15, 0.2) is 30.9 Å². The Labute approximate surface area is 117 Å². The van der Waals surface area contributed by atoms with Crippen molar-refractivity contribution in [3.05, 3.63) is 36.5 Å². The molecule has 1 saturated heterocycles. The minimum atomic E-state index is -0.0263. The Morgan fingerprint density at radius 1 is 1.25 bits per heavy atom. The number of hydrogen-bond donors (Lipinski definition) is 0. The molecule has 20 heavy (non-hydrogen) atoms. The summed E-state index contributed by atoms with van der Waals surface area (Å²) in [5.41, 5.74) is 0.406. The molecule has 0 saturated carbocycles. The molecule has 1 aliphatic heterocycles. The maximum Gasteiger partial charge on any atom is 0.274 e. The highest BCUT2D eigenvalue weighted by Crippen LogP contribution is 2.17. The Hall–Kier alpha value is -2.24. The molecule has 1 fully saturated rings. The fourth-order valence-corrected chi connectivity index (χ4v) is 2.35. The number of nitrogens with zero attached hydrogens (tertiary/aromatic N) is 5. The van der Waals surface area contributed by atoms with Crippen LogP contribution in [0.25, 0.3) is 5.82 Å². The van der Waals surface area contributed by atoms with Gasteiger partial charge in [-0.2, -0.15) is 0 Å². The number of rotatable bonds is 2. The number of carbonyl (C=O) groups is 1. The smallest absolute Gasteiger partial charge is 0.274 e. The summed E-state index contributed by atoms with van der Waals surface area (Å²) >= 11 is 0. The minimum absolute atomic E-state index is 0.0263. The lowest BCUT2D eigenvalue weighted by Crippen LogP contribution is -2.38. The molecular weight excluding hydrogens is 254 g/mol. The zero-order valence-electron chi connectivity index (χ0n) is 11.4. The van der Waals surface area contributed by atoms with Crippen molar-refractivity contribution in [1.29, 1.82) is 0 Å². The molecule has 2 aromatic heterocycles. The van der Waals surface area contributed by atoms with Crippen LogP contribution in [-0.2, 0) is 0 Å². The summed E-state index contributed by atoms with van der Waals surface area (Å²) in [6, 6.07) is 3.51. The predicted molar refractivity (Wildman–Crippen MR) is 73.5 cm³/mol. The average molecular weight is 271 g/mol. The van der Waals surface area contributed by atoms with E-state index in [4.69, 9.17) is 0 Å². The van der Waals surface area contributed by atoms with E-state index in [1.807, 2.05) is 4.90 Å². The van der Waals surface area contributed by atoms with Crippen molar-refractivity contribution in [3.8, 4) is 5.82 Å². The fourth-order valence-electron chi connectivity index (χ4n) is 2.35. The normalized spacial score (nSPS) is 16.4. The van der Waals surface area contributed by atoms with Crippen LogP contribution in [0.1, 0.15) is 30.3 Å². The van der Waals surface area contributed by atoms with Crippen molar-refractivity contribution in [1.82, 2.24) is 24.6 Å². The van der Waals surface area contributed by atoms with Crippen molar-refractivity contribution in [3.63, 3.8) is 0 Å². The monoisotopic (exact) mass is 271 g/mol. The summed E-state index contributed by atoms with van der Waals surface area (Å²) in [6.45, 7) is 3.84. The summed E-state index contributed by atoms with van der Waals surface area (Å²) in [5.74, 6) is 1.33. The van der Waals surface area contributed by atoms with Gasteiger partial charge in [-0.3, -0.25) is 9.36 Å². The van der Waals surface area contributed by atoms with E-state index in [0.29, 0.717) is 17.4 Å². The number of aromatic nitrogens is 4. The Morgan fingerprint density at radius 2 is 2.05 bits per heavy atom. The SMILES string of the molecule is CC1CCN(C(=O)c2ccc(-n3ccnc3)nn2)CC1. The van der Waals surface area contributed by atoms with Gasteiger partial charge in [-0.25, -0.2) is 4.98 Å². The van der Waals surface area contributed by atoms with Gasteiger partial charge in [0.1, 0.15) is 6.33 Å². The second-order valence-corrected chi connectivity index (χ2v) is 5.22. The Kier molecular flexibility index (Phi) is 3.45. The first-order valence-electron chi connectivity index (χ1n) is 6.85. The average Bonchev–Trinajstić information content (AvgIpc) is 3.02. The first-order chi connectivity index (χ1) is 9.74. The number of carbonyl (C=O) groups excluding carboxylic acids is 1. The first kappa shape index (κ1) is 12.8. The summed E-state index contributed by atoms with van der Waals surface area (Å²) < 4.78 is 1.75. The van der Waals surface area contributed by atoms with E-state index in [1.54, 1.807) is 35.4 Å². The predicted octanol–water partition coefficient (Wildman–Crippen LogP) is 1.53. The highest BCUT2D eigenvalue weighted by molar-refractivity contribution is 5.92. The molecule has 104 valence electrons. The molecule has 6 heteroatoms. The quantitative estimate of drug-likeness (QED) is 0.831. The van der Waals surface area contributed by atoms with Gasteiger partial charge in [0, 0.05) is 25.5 Å². The molecule has 6 nitrogen and oxygen atoms in total. The molecule has 0 aromatic carbocycles. The van der Waals surface area contributed by atoms with E-state index in [-0.39, 0.29) is 5.91 Å². The molecule has 0 spiro atoms. The number of imidazole rings is 1. The van der Waals surface area contributed by atoms with Gasteiger partial charge in [0.25, 0.3) is 5.91 Å². The third-order valence-corrected chi connectivity index (χ3v) is 3.71. The summed E-state index contributed by atoms with van der Waals surface area (Å²) in [6.07, 6.45) is 7.24. The van der Waals surface area contributed by atoms with Gasteiger partial charge in [0.05, 0.1) is 0 Å². The van der Waals surface area contributed by atoms with E-state index in [0.717, 1.165) is 25.9 Å². The Bertz CT molecular complexity index is 570. The second kappa shape index (κ2) is 5.40. The second-order valence-electron chi connectivity index (χ2n) is 5.22. The minimum Gasteiger partial charge on any atom is -0.337 e. The Balaban J connectivity index is 1.73. The lowest BCUT2D eigenvalue weighted by molar-refractivity contribution is 0.0690. The van der Waals surface area contributed by atoms with Crippen LogP contribution in [0, 0.1) is 5.92 Å². The molecule has 0 atom stereocenters. The van der Waals surface area contributed by atoms with Crippen LogP contribution in [-0.4, -0.2) is 43.6 Å². The topological polar surface area (TPSA) is 63.9 Å². The maximum atomic E-state index is 12.3. The molecule has 0 unspecified atom stereocenters. The van der Waals surface area contributed by atoms with E-state index in [1.165, 1.54) is 0 Å². The molecule has 3 heterocycles. The van der Waals surface area contributed by atoms with Crippen molar-refractivity contribution in [2.24, 2.45) is 5.92 Å². The van der Waals surface area contributed by atoms with Crippen LogP contribution in [0.2, 0.25) is 0 Å². The maximum absolute atomic E-state index is 12.3. The highest BCUT2D eigenvalue weighted by Gasteiger charge is 2.22. The van der Waals surface area contributed by atoms with Crippen molar-refractivity contribution >= 4 is 5.91 Å². The Morgan fingerprint density at radius 3 is 2.65 bits per heavy atom. The molecular formula is C14H17N5O. The summed E-state index contributed by atoms with van der Waals surface area (Å²) in [5, 5.41) is 8.12. The van der Waals surface area contributed by atoms with E-state index in [9.17, 15) is 4.79 Å². The molecule has 0 aliphatic carbocycles. The van der Waals surface area contributed by atoms with E-state index < -0.39 is 0 Å². The standard InChI is InChI=1S/C14H17N5O/c1-11-4-7-18(8-5-11)14(20)12-2-3-13(17-16-12)19-9-6-15-10-19/h2-3,6,9-11H,4-5,7-8H2,1H3. The molecule has 2 aromatic rings. The van der Waals surface area contributed by atoms with Gasteiger partial charge in [-0.1, -0.05) is 6.92 Å². The van der Waals surface area contributed by atoms with E-state index in [2.05, 4.69) is 22.1 Å². The molecule has 1 amide bonds. The third-order valence-electron chi connectivity index (χ3n) is 3.71. The largest absolute Gasteiger partial charge is 0.337 e. The van der Waals surface area contributed by atoms with Crippen LogP contribution < -0.4 is 0 Å². The molecule has 0 N–H and O–H groups in total. The molecule has 3 rings (SSSR count). The zero-order valence-corrected chi connectivity index (χ0v) is 11.4. The molecule has 0 radical (unpaired) electrons. The number of piperidine rings is 1. The lowest BCUT2D eigenvalue weighted by Gasteiger charge is -2.29. The van der Waals surface area contributed by atoms with Crippen LogP contribution in [0.4, 0.5) is 0 Å². The van der Waals surface area contributed by atoms with Crippen LogP contribution >= 0.6 is 0 Å². The first-order valence-corrected chi connectivity index (χ1v) is 6.85. The summed E-state index contributed by atoms with van der Waals surface area (Å²) in [4.78, 5) is 18.1.